The Labute approximate surface area is 127 Å². The number of hydrogen-bond acceptors (Lipinski definition) is 1. The standard InChI is InChI=1S/C18H26FNO/c1-2-3-7-15-9-6-11-17(15)20-18(21)13-12-14-8-4-5-10-16(14)19/h4-5,8,10,15,17H,2-3,6-7,9,11-13H2,1H3,(H,20,21). The summed E-state index contributed by atoms with van der Waals surface area (Å²) in [4.78, 5) is 12.1. The van der Waals surface area contributed by atoms with Crippen molar-refractivity contribution in [2.24, 2.45) is 5.92 Å². The molecule has 2 nitrogen and oxygen atoms in total. The van der Waals surface area contributed by atoms with Crippen LogP contribution in [0.3, 0.4) is 0 Å². The molecule has 0 radical (unpaired) electrons. The summed E-state index contributed by atoms with van der Waals surface area (Å²) in [5.74, 6) is 0.487. The van der Waals surface area contributed by atoms with E-state index in [-0.39, 0.29) is 11.7 Å². The topological polar surface area (TPSA) is 29.1 Å². The molecule has 1 aromatic rings. The predicted octanol–water partition coefficient (Wildman–Crippen LogP) is 4.23. The van der Waals surface area contributed by atoms with Gasteiger partial charge in [0, 0.05) is 12.5 Å². The molecule has 0 heterocycles. The summed E-state index contributed by atoms with van der Waals surface area (Å²) >= 11 is 0. The molecule has 0 aromatic heterocycles. The Bertz CT molecular complexity index is 460. The third kappa shape index (κ3) is 4.83. The van der Waals surface area contributed by atoms with Gasteiger partial charge >= 0.3 is 0 Å². The van der Waals surface area contributed by atoms with E-state index < -0.39 is 0 Å². The molecular formula is C18H26FNO. The number of amides is 1. The molecule has 0 spiro atoms. The van der Waals surface area contributed by atoms with Crippen LogP contribution < -0.4 is 5.32 Å². The molecule has 1 aliphatic carbocycles. The Kier molecular flexibility index (Phi) is 6.21. The maximum absolute atomic E-state index is 13.5. The molecule has 1 amide bonds. The predicted molar refractivity (Wildman–Crippen MR) is 83.5 cm³/mol. The summed E-state index contributed by atoms with van der Waals surface area (Å²) in [7, 11) is 0. The number of unbranched alkanes of at least 4 members (excludes halogenated alkanes) is 1. The van der Waals surface area contributed by atoms with E-state index in [2.05, 4.69) is 12.2 Å². The lowest BCUT2D eigenvalue weighted by molar-refractivity contribution is -0.122. The van der Waals surface area contributed by atoms with Gasteiger partial charge in [-0.1, -0.05) is 44.4 Å². The van der Waals surface area contributed by atoms with Crippen molar-refractivity contribution >= 4 is 5.91 Å². The maximum atomic E-state index is 13.5. The summed E-state index contributed by atoms with van der Waals surface area (Å²) in [5, 5.41) is 3.17. The molecule has 0 bridgehead atoms. The number of hydrogen-bond donors (Lipinski definition) is 1. The fraction of sp³-hybridized carbons (Fsp3) is 0.611. The number of nitrogens with one attached hydrogen (secondary N) is 1. The molecule has 2 rings (SSSR count). The first-order valence-corrected chi connectivity index (χ1v) is 8.23. The second kappa shape index (κ2) is 8.16. The van der Waals surface area contributed by atoms with E-state index in [0.29, 0.717) is 30.4 Å². The lowest BCUT2D eigenvalue weighted by atomic mass is 9.96. The van der Waals surface area contributed by atoms with Crippen molar-refractivity contribution < 1.29 is 9.18 Å². The normalized spacial score (nSPS) is 21.4. The zero-order valence-electron chi connectivity index (χ0n) is 12.9. The van der Waals surface area contributed by atoms with E-state index in [0.717, 1.165) is 6.42 Å². The highest BCUT2D eigenvalue weighted by Crippen LogP contribution is 2.29. The van der Waals surface area contributed by atoms with E-state index in [9.17, 15) is 9.18 Å². The smallest absolute Gasteiger partial charge is 0.220 e. The van der Waals surface area contributed by atoms with Crippen LogP contribution >= 0.6 is 0 Å². The highest BCUT2D eigenvalue weighted by molar-refractivity contribution is 5.76. The minimum atomic E-state index is -0.216. The van der Waals surface area contributed by atoms with Gasteiger partial charge < -0.3 is 5.32 Å². The van der Waals surface area contributed by atoms with Gasteiger partial charge in [-0.15, -0.1) is 0 Å². The molecule has 1 aromatic carbocycles. The number of rotatable bonds is 7. The largest absolute Gasteiger partial charge is 0.353 e. The van der Waals surface area contributed by atoms with Gasteiger partial charge in [0.2, 0.25) is 5.91 Å². The second-order valence-electron chi connectivity index (χ2n) is 6.10. The molecule has 21 heavy (non-hydrogen) atoms. The molecule has 1 saturated carbocycles. The summed E-state index contributed by atoms with van der Waals surface area (Å²) < 4.78 is 13.5. The average molecular weight is 291 g/mol. The Morgan fingerprint density at radius 2 is 2.14 bits per heavy atom. The maximum Gasteiger partial charge on any atom is 0.220 e. The van der Waals surface area contributed by atoms with Crippen molar-refractivity contribution in [2.75, 3.05) is 0 Å². The SMILES string of the molecule is CCCCC1CCCC1NC(=O)CCc1ccccc1F. The van der Waals surface area contributed by atoms with E-state index in [1.165, 1.54) is 38.2 Å². The molecular weight excluding hydrogens is 265 g/mol. The van der Waals surface area contributed by atoms with E-state index in [4.69, 9.17) is 0 Å². The molecule has 0 saturated heterocycles. The van der Waals surface area contributed by atoms with Gasteiger partial charge in [-0.2, -0.15) is 0 Å². The molecule has 1 aliphatic rings. The fourth-order valence-electron chi connectivity index (χ4n) is 3.27. The van der Waals surface area contributed by atoms with Crippen molar-refractivity contribution in [3.63, 3.8) is 0 Å². The zero-order valence-corrected chi connectivity index (χ0v) is 12.9. The van der Waals surface area contributed by atoms with Crippen molar-refractivity contribution in [1.29, 1.82) is 0 Å². The minimum Gasteiger partial charge on any atom is -0.353 e. The number of benzene rings is 1. The number of halogens is 1. The van der Waals surface area contributed by atoms with Crippen LogP contribution in [0, 0.1) is 11.7 Å². The molecule has 2 unspecified atom stereocenters. The van der Waals surface area contributed by atoms with Crippen molar-refractivity contribution in [2.45, 2.75) is 64.3 Å². The highest BCUT2D eigenvalue weighted by Gasteiger charge is 2.27. The fourth-order valence-corrected chi connectivity index (χ4v) is 3.27. The molecule has 1 fully saturated rings. The van der Waals surface area contributed by atoms with Crippen LogP contribution in [0.25, 0.3) is 0 Å². The van der Waals surface area contributed by atoms with Gasteiger partial charge in [0.25, 0.3) is 0 Å². The molecule has 3 heteroatoms. The molecule has 2 atom stereocenters. The Hall–Kier alpha value is -1.38. The van der Waals surface area contributed by atoms with Crippen LogP contribution in [0.5, 0.6) is 0 Å². The number of aryl methyl sites for hydroxylation is 1. The van der Waals surface area contributed by atoms with Gasteiger partial charge in [0.05, 0.1) is 0 Å². The lowest BCUT2D eigenvalue weighted by Crippen LogP contribution is -2.37. The van der Waals surface area contributed by atoms with Crippen LogP contribution in [-0.4, -0.2) is 11.9 Å². The Morgan fingerprint density at radius 3 is 2.90 bits per heavy atom. The Morgan fingerprint density at radius 1 is 1.33 bits per heavy atom. The van der Waals surface area contributed by atoms with E-state index in [1.54, 1.807) is 12.1 Å². The van der Waals surface area contributed by atoms with Crippen molar-refractivity contribution in [3.8, 4) is 0 Å². The monoisotopic (exact) mass is 291 g/mol. The lowest BCUT2D eigenvalue weighted by Gasteiger charge is -2.21. The summed E-state index contributed by atoms with van der Waals surface area (Å²) in [6, 6.07) is 7.03. The number of carbonyl (C=O) groups excluding carboxylic acids is 1. The number of carbonyl (C=O) groups is 1. The zero-order chi connectivity index (χ0) is 15.1. The highest BCUT2D eigenvalue weighted by atomic mass is 19.1. The summed E-state index contributed by atoms with van der Waals surface area (Å²) in [6.45, 7) is 2.21. The first-order valence-electron chi connectivity index (χ1n) is 8.23. The second-order valence-corrected chi connectivity index (χ2v) is 6.10. The minimum absolute atomic E-state index is 0.0617. The van der Waals surface area contributed by atoms with Gasteiger partial charge in [-0.3, -0.25) is 4.79 Å². The van der Waals surface area contributed by atoms with Crippen LogP contribution in [0.15, 0.2) is 24.3 Å². The van der Waals surface area contributed by atoms with Crippen molar-refractivity contribution in [3.05, 3.63) is 35.6 Å². The van der Waals surface area contributed by atoms with Gasteiger partial charge in [-0.25, -0.2) is 4.39 Å². The Balaban J connectivity index is 1.77. The molecule has 1 N–H and O–H groups in total. The first-order chi connectivity index (χ1) is 10.2. The van der Waals surface area contributed by atoms with Gasteiger partial charge in [0.1, 0.15) is 5.82 Å². The first kappa shape index (κ1) is 16.0. The molecule has 116 valence electrons. The van der Waals surface area contributed by atoms with Crippen LogP contribution in [-0.2, 0) is 11.2 Å². The molecule has 0 aliphatic heterocycles. The van der Waals surface area contributed by atoms with Gasteiger partial charge in [-0.05, 0) is 43.2 Å². The average Bonchev–Trinajstić information content (AvgIpc) is 2.91. The summed E-state index contributed by atoms with van der Waals surface area (Å²) in [5.41, 5.74) is 0.626. The van der Waals surface area contributed by atoms with Gasteiger partial charge in [0.15, 0.2) is 0 Å². The van der Waals surface area contributed by atoms with E-state index in [1.807, 2.05) is 6.07 Å². The summed E-state index contributed by atoms with van der Waals surface area (Å²) in [6.07, 6.45) is 8.07. The van der Waals surface area contributed by atoms with Crippen LogP contribution in [0.4, 0.5) is 4.39 Å². The van der Waals surface area contributed by atoms with Crippen LogP contribution in [0.2, 0.25) is 0 Å². The quantitative estimate of drug-likeness (QED) is 0.800. The third-order valence-corrected chi connectivity index (χ3v) is 4.51. The third-order valence-electron chi connectivity index (χ3n) is 4.51. The van der Waals surface area contributed by atoms with Crippen LogP contribution in [0.1, 0.15) is 57.4 Å². The van der Waals surface area contributed by atoms with E-state index >= 15 is 0 Å². The van der Waals surface area contributed by atoms with Crippen molar-refractivity contribution in [1.82, 2.24) is 5.32 Å².